The van der Waals surface area contributed by atoms with Crippen molar-refractivity contribution < 1.29 is 28.5 Å². The monoisotopic (exact) mass is 423 g/mol. The summed E-state index contributed by atoms with van der Waals surface area (Å²) in [4.78, 5) is 23.5. The van der Waals surface area contributed by atoms with Crippen molar-refractivity contribution in [3.05, 3.63) is 11.6 Å². The van der Waals surface area contributed by atoms with Crippen LogP contribution < -0.4 is 5.32 Å². The summed E-state index contributed by atoms with van der Waals surface area (Å²) in [6.07, 6.45) is 4.84. The molecule has 30 heavy (non-hydrogen) atoms. The highest BCUT2D eigenvalue weighted by atomic mass is 16.6. The van der Waals surface area contributed by atoms with Gasteiger partial charge in [-0.25, -0.2) is 0 Å². The van der Waals surface area contributed by atoms with Crippen LogP contribution in [0, 0.1) is 11.8 Å². The van der Waals surface area contributed by atoms with Gasteiger partial charge in [0.25, 0.3) is 0 Å². The SMILES string of the molecule is CO[C@H]1C([C@@]2(C)O[C@@H]2CC=C(C)C)[C@]2(CC[C@H]1OC(=O)C[C@@H](NC=O)C(C)C)CO2. The zero-order valence-electron chi connectivity index (χ0n) is 19.1. The fourth-order valence-corrected chi connectivity index (χ4v) is 5.04. The van der Waals surface area contributed by atoms with E-state index in [1.165, 1.54) is 5.57 Å². The number of allylic oxidation sites excluding steroid dienone is 1. The molecule has 1 N–H and O–H groups in total. The standard InChI is InChI=1S/C23H37NO6/c1-14(2)7-8-18-22(5,30-18)21-20(27-6)17(9-10-23(21)12-28-23)29-19(26)11-16(15(3)4)24-13-25/h7,13,15-18,20-21H,8-12H2,1-6H3,(H,24,25)/t16-,17-,18-,20-,21?,22+,23+/m1/s1. The van der Waals surface area contributed by atoms with Crippen LogP contribution in [0.2, 0.25) is 0 Å². The van der Waals surface area contributed by atoms with Crippen LogP contribution >= 0.6 is 0 Å². The lowest BCUT2D eigenvalue weighted by molar-refractivity contribution is -0.172. The molecule has 170 valence electrons. The van der Waals surface area contributed by atoms with Crippen molar-refractivity contribution in [2.75, 3.05) is 13.7 Å². The van der Waals surface area contributed by atoms with Gasteiger partial charge in [0.1, 0.15) is 23.4 Å². The number of epoxide rings is 2. The Morgan fingerprint density at radius 2 is 2.03 bits per heavy atom. The molecule has 0 radical (unpaired) electrons. The number of ether oxygens (including phenoxy) is 4. The second-order valence-corrected chi connectivity index (χ2v) is 9.75. The second kappa shape index (κ2) is 8.97. The van der Waals surface area contributed by atoms with Crippen LogP contribution in [0.15, 0.2) is 11.6 Å². The summed E-state index contributed by atoms with van der Waals surface area (Å²) in [5, 5.41) is 2.71. The molecule has 0 bridgehead atoms. The summed E-state index contributed by atoms with van der Waals surface area (Å²) in [5.41, 5.74) is 0.679. The largest absolute Gasteiger partial charge is 0.460 e. The van der Waals surface area contributed by atoms with E-state index in [0.717, 1.165) is 12.8 Å². The van der Waals surface area contributed by atoms with E-state index in [1.54, 1.807) is 7.11 Å². The topological polar surface area (TPSA) is 89.7 Å². The molecule has 1 saturated carbocycles. The minimum atomic E-state index is -0.353. The van der Waals surface area contributed by atoms with Crippen LogP contribution in [-0.2, 0) is 28.5 Å². The number of carbonyl (C=O) groups is 2. The van der Waals surface area contributed by atoms with Gasteiger partial charge in [-0.1, -0.05) is 25.5 Å². The number of amides is 1. The van der Waals surface area contributed by atoms with E-state index in [1.807, 2.05) is 13.8 Å². The molecular weight excluding hydrogens is 386 g/mol. The lowest BCUT2D eigenvalue weighted by Gasteiger charge is -2.42. The summed E-state index contributed by atoms with van der Waals surface area (Å²) in [6, 6.07) is -0.244. The molecule has 7 nitrogen and oxygen atoms in total. The number of methoxy groups -OCH3 is 1. The molecule has 7 atom stereocenters. The molecule has 1 amide bonds. The Balaban J connectivity index is 1.70. The highest BCUT2D eigenvalue weighted by molar-refractivity contribution is 5.71. The van der Waals surface area contributed by atoms with Gasteiger partial charge < -0.3 is 24.3 Å². The summed E-state index contributed by atoms with van der Waals surface area (Å²) >= 11 is 0. The van der Waals surface area contributed by atoms with Gasteiger partial charge in [0.05, 0.1) is 25.0 Å². The lowest BCUT2D eigenvalue weighted by Crippen LogP contribution is -2.55. The van der Waals surface area contributed by atoms with Crippen LogP contribution in [0.1, 0.15) is 60.3 Å². The van der Waals surface area contributed by atoms with Crippen LogP contribution in [0.5, 0.6) is 0 Å². The Morgan fingerprint density at radius 1 is 1.33 bits per heavy atom. The van der Waals surface area contributed by atoms with Crippen molar-refractivity contribution in [3.63, 3.8) is 0 Å². The summed E-state index contributed by atoms with van der Waals surface area (Å²) < 4.78 is 23.9. The third kappa shape index (κ3) is 4.73. The van der Waals surface area contributed by atoms with Crippen LogP contribution in [0.4, 0.5) is 0 Å². The van der Waals surface area contributed by atoms with E-state index >= 15 is 0 Å². The number of esters is 1. The van der Waals surface area contributed by atoms with Gasteiger partial charge in [0.15, 0.2) is 0 Å². The van der Waals surface area contributed by atoms with E-state index < -0.39 is 0 Å². The van der Waals surface area contributed by atoms with Crippen LogP contribution in [-0.4, -0.2) is 61.7 Å². The number of nitrogens with one attached hydrogen (secondary N) is 1. The first-order valence-electron chi connectivity index (χ1n) is 11.0. The van der Waals surface area contributed by atoms with Crippen molar-refractivity contribution in [2.24, 2.45) is 11.8 Å². The van der Waals surface area contributed by atoms with Gasteiger partial charge in [-0.15, -0.1) is 0 Å². The highest BCUT2D eigenvalue weighted by Crippen LogP contribution is 2.59. The van der Waals surface area contributed by atoms with Crippen LogP contribution in [0.25, 0.3) is 0 Å². The first kappa shape index (κ1) is 23.2. The quantitative estimate of drug-likeness (QED) is 0.252. The van der Waals surface area contributed by atoms with E-state index in [-0.39, 0.29) is 59.8 Å². The molecule has 7 heteroatoms. The number of rotatable bonds is 10. The van der Waals surface area contributed by atoms with E-state index in [4.69, 9.17) is 18.9 Å². The van der Waals surface area contributed by atoms with E-state index in [9.17, 15) is 9.59 Å². The molecule has 2 heterocycles. The molecule has 3 aliphatic rings. The molecule has 3 rings (SSSR count). The Morgan fingerprint density at radius 3 is 2.57 bits per heavy atom. The molecule has 0 aromatic heterocycles. The molecule has 0 aromatic carbocycles. The Bertz CT molecular complexity index is 669. The maximum Gasteiger partial charge on any atom is 0.308 e. The van der Waals surface area contributed by atoms with Gasteiger partial charge in [-0.05, 0) is 46.0 Å². The molecule has 2 saturated heterocycles. The van der Waals surface area contributed by atoms with Gasteiger partial charge in [0.2, 0.25) is 6.41 Å². The normalized spacial score (nSPS) is 38.1. The fraction of sp³-hybridized carbons (Fsp3) is 0.826. The van der Waals surface area contributed by atoms with Gasteiger partial charge in [-0.2, -0.15) is 0 Å². The maximum atomic E-state index is 12.6. The molecule has 0 aromatic rings. The third-order valence-corrected chi connectivity index (χ3v) is 6.99. The number of carbonyl (C=O) groups excluding carboxylic acids is 2. The number of hydrogen-bond donors (Lipinski definition) is 1. The summed E-state index contributed by atoms with van der Waals surface area (Å²) in [6.45, 7) is 10.9. The maximum absolute atomic E-state index is 12.6. The average molecular weight is 424 g/mol. The molecule has 1 unspecified atom stereocenters. The first-order chi connectivity index (χ1) is 14.2. The first-order valence-corrected chi connectivity index (χ1v) is 11.0. The second-order valence-electron chi connectivity index (χ2n) is 9.75. The molecule has 3 fully saturated rings. The van der Waals surface area contributed by atoms with Gasteiger partial charge in [0, 0.05) is 13.2 Å². The zero-order valence-corrected chi connectivity index (χ0v) is 19.1. The highest BCUT2D eigenvalue weighted by Gasteiger charge is 2.72. The Kier molecular flexibility index (Phi) is 6.94. The predicted octanol–water partition coefficient (Wildman–Crippen LogP) is 2.77. The van der Waals surface area contributed by atoms with Gasteiger partial charge >= 0.3 is 5.97 Å². The number of hydrogen-bond acceptors (Lipinski definition) is 6. The smallest absolute Gasteiger partial charge is 0.308 e. The molecular formula is C23H37NO6. The van der Waals surface area contributed by atoms with Crippen molar-refractivity contribution in [1.29, 1.82) is 0 Å². The minimum Gasteiger partial charge on any atom is -0.460 e. The van der Waals surface area contributed by atoms with Crippen molar-refractivity contribution >= 4 is 12.4 Å². The summed E-state index contributed by atoms with van der Waals surface area (Å²) in [5.74, 6) is -0.173. The molecule has 2 aliphatic heterocycles. The van der Waals surface area contributed by atoms with E-state index in [2.05, 4.69) is 32.2 Å². The van der Waals surface area contributed by atoms with E-state index in [0.29, 0.717) is 19.4 Å². The minimum absolute atomic E-state index is 0.00566. The van der Waals surface area contributed by atoms with Crippen molar-refractivity contribution in [2.45, 2.75) is 95.9 Å². The fourth-order valence-electron chi connectivity index (χ4n) is 5.04. The van der Waals surface area contributed by atoms with Crippen molar-refractivity contribution in [3.8, 4) is 0 Å². The molecule has 1 spiro atoms. The average Bonchev–Trinajstić information content (AvgIpc) is 3.58. The summed E-state index contributed by atoms with van der Waals surface area (Å²) in [7, 11) is 1.67. The predicted molar refractivity (Wildman–Crippen MR) is 112 cm³/mol. The zero-order chi connectivity index (χ0) is 22.1. The Hall–Kier alpha value is -1.44. The van der Waals surface area contributed by atoms with Crippen molar-refractivity contribution in [1.82, 2.24) is 5.32 Å². The van der Waals surface area contributed by atoms with Gasteiger partial charge in [-0.3, -0.25) is 9.59 Å². The lowest BCUT2D eigenvalue weighted by atomic mass is 9.68. The van der Waals surface area contributed by atoms with Crippen LogP contribution in [0.3, 0.4) is 0 Å². The third-order valence-electron chi connectivity index (χ3n) is 6.99. The Labute approximate surface area is 179 Å². The molecule has 1 aliphatic carbocycles.